The third kappa shape index (κ3) is 5.38. The predicted molar refractivity (Wildman–Crippen MR) is 117 cm³/mol. The van der Waals surface area contributed by atoms with Crippen LogP contribution in [0.2, 0.25) is 10.0 Å². The average Bonchev–Trinajstić information content (AvgIpc) is 3.22. The molecule has 1 unspecified atom stereocenters. The Hall–Kier alpha value is -1.82. The van der Waals surface area contributed by atoms with Crippen LogP contribution in [0.5, 0.6) is 0 Å². The van der Waals surface area contributed by atoms with Crippen LogP contribution >= 0.6 is 34.5 Å². The van der Waals surface area contributed by atoms with Crippen molar-refractivity contribution in [1.29, 1.82) is 0 Å². The van der Waals surface area contributed by atoms with E-state index in [9.17, 15) is 26.4 Å². The van der Waals surface area contributed by atoms with Crippen LogP contribution in [-0.2, 0) is 31.6 Å². The van der Waals surface area contributed by atoms with E-state index in [0.717, 1.165) is 29.7 Å². The summed E-state index contributed by atoms with van der Waals surface area (Å²) in [5.74, 6) is -1.32. The van der Waals surface area contributed by atoms with E-state index in [1.807, 2.05) is 0 Å². The third-order valence-corrected chi connectivity index (χ3v) is 7.17. The maximum atomic E-state index is 14.1. The molecule has 1 aromatic carbocycles. The van der Waals surface area contributed by atoms with Gasteiger partial charge in [0.25, 0.3) is 5.60 Å². The number of alkyl halides is 3. The number of thiophene rings is 1. The topological polar surface area (TPSA) is 84.8 Å². The zero-order chi connectivity index (χ0) is 23.9. The second-order valence-corrected chi connectivity index (χ2v) is 11.5. The molecule has 0 saturated carbocycles. The molecule has 1 N–H and O–H groups in total. The van der Waals surface area contributed by atoms with Crippen molar-refractivity contribution >= 4 is 56.0 Å². The largest absolute Gasteiger partial charge is 0.435 e. The Balaban J connectivity index is 1.83. The highest BCUT2D eigenvalue weighted by atomic mass is 35.5. The lowest BCUT2D eigenvalue weighted by Gasteiger charge is -2.29. The number of oxime groups is 1. The third-order valence-electron chi connectivity index (χ3n) is 4.66. The van der Waals surface area contributed by atoms with Gasteiger partial charge in [0, 0.05) is 26.7 Å². The fourth-order valence-corrected chi connectivity index (χ4v) is 5.33. The number of halogens is 5. The summed E-state index contributed by atoms with van der Waals surface area (Å²) >= 11 is 12.9. The Labute approximate surface area is 196 Å². The van der Waals surface area contributed by atoms with Crippen molar-refractivity contribution in [3.8, 4) is 0 Å². The molecule has 0 aliphatic carbocycles. The zero-order valence-corrected chi connectivity index (χ0v) is 19.9. The van der Waals surface area contributed by atoms with Crippen LogP contribution in [0, 0.1) is 6.92 Å². The Morgan fingerprint density at radius 3 is 2.44 bits per heavy atom. The molecule has 174 valence electrons. The number of hydrogen-bond donors (Lipinski definition) is 1. The quantitative estimate of drug-likeness (QED) is 0.593. The van der Waals surface area contributed by atoms with Gasteiger partial charge in [0.15, 0.2) is 9.84 Å². The van der Waals surface area contributed by atoms with E-state index in [2.05, 4.69) is 10.5 Å². The Bertz CT molecular complexity index is 1180. The number of benzene rings is 1. The first-order chi connectivity index (χ1) is 14.7. The highest BCUT2D eigenvalue weighted by Gasteiger charge is 2.62. The van der Waals surface area contributed by atoms with Gasteiger partial charge in [-0.3, -0.25) is 4.79 Å². The molecule has 0 spiro atoms. The monoisotopic (exact) mass is 528 g/mol. The molecule has 2 aromatic rings. The van der Waals surface area contributed by atoms with Gasteiger partial charge in [0.1, 0.15) is 11.5 Å². The average molecular weight is 529 g/mol. The van der Waals surface area contributed by atoms with Crippen LogP contribution in [-0.4, -0.2) is 38.2 Å². The molecule has 3 rings (SSSR count). The van der Waals surface area contributed by atoms with Crippen molar-refractivity contribution < 1.29 is 31.2 Å². The molecule has 1 amide bonds. The van der Waals surface area contributed by atoms with E-state index in [0.29, 0.717) is 15.3 Å². The van der Waals surface area contributed by atoms with E-state index in [1.54, 1.807) is 13.0 Å². The van der Waals surface area contributed by atoms with Gasteiger partial charge in [-0.1, -0.05) is 28.4 Å². The molecule has 1 aliphatic heterocycles. The second-order valence-electron chi connectivity index (χ2n) is 7.35. The molecule has 1 aromatic heterocycles. The van der Waals surface area contributed by atoms with Crippen molar-refractivity contribution in [2.24, 2.45) is 5.16 Å². The van der Waals surface area contributed by atoms with Crippen molar-refractivity contribution in [2.75, 3.05) is 12.0 Å². The number of rotatable bonds is 6. The number of hydrogen-bond acceptors (Lipinski definition) is 6. The van der Waals surface area contributed by atoms with Crippen molar-refractivity contribution in [3.63, 3.8) is 0 Å². The van der Waals surface area contributed by atoms with Crippen LogP contribution in [0.4, 0.5) is 13.2 Å². The van der Waals surface area contributed by atoms with E-state index in [1.165, 1.54) is 6.07 Å². The first kappa shape index (κ1) is 24.8. The van der Waals surface area contributed by atoms with Gasteiger partial charge in [-0.2, -0.15) is 13.2 Å². The normalized spacial score (nSPS) is 18.9. The lowest BCUT2D eigenvalue weighted by molar-refractivity contribution is -0.275. The number of carbonyl (C=O) groups excluding carboxylic acids is 1. The minimum Gasteiger partial charge on any atom is -0.374 e. The van der Waals surface area contributed by atoms with E-state index < -0.39 is 39.7 Å². The zero-order valence-electron chi connectivity index (χ0n) is 16.7. The summed E-state index contributed by atoms with van der Waals surface area (Å²) in [6.45, 7) is 1.76. The van der Waals surface area contributed by atoms with Gasteiger partial charge >= 0.3 is 6.18 Å². The molecule has 32 heavy (non-hydrogen) atoms. The number of nitrogens with one attached hydrogen (secondary N) is 1. The van der Waals surface area contributed by atoms with Gasteiger partial charge in [-0.05, 0) is 36.8 Å². The molecule has 1 aliphatic rings. The summed E-state index contributed by atoms with van der Waals surface area (Å²) in [7, 11) is -3.47. The predicted octanol–water partition coefficient (Wildman–Crippen LogP) is 4.61. The fraction of sp³-hybridized carbons (Fsp3) is 0.368. The number of amides is 1. The second kappa shape index (κ2) is 8.85. The molecule has 6 nitrogen and oxygen atoms in total. The summed E-state index contributed by atoms with van der Waals surface area (Å²) in [6, 6.07) is 5.24. The number of nitrogens with zero attached hydrogens (tertiary/aromatic N) is 1. The molecule has 2 heterocycles. The molecule has 13 heteroatoms. The van der Waals surface area contributed by atoms with Gasteiger partial charge in [0.2, 0.25) is 5.91 Å². The first-order valence-corrected chi connectivity index (χ1v) is 12.7. The molecule has 0 saturated heterocycles. The standard InChI is InChI=1S/C19H17Cl2F3N2O4S2/c1-10-3-15(31-16(10)8-25-17(27)9-32(2,28)29)14-7-18(30-26-14,19(22,23)24)11-4-12(20)6-13(21)5-11/h3-6H,7-9H2,1-2H3,(H,25,27). The SMILES string of the molecule is Cc1cc(C2=NOC(c3cc(Cl)cc(Cl)c3)(C(F)(F)F)C2)sc1CNC(=O)CS(C)(=O)=O. The summed E-state index contributed by atoms with van der Waals surface area (Å²) in [6.07, 6.45) is -4.45. The molecule has 0 fully saturated rings. The van der Waals surface area contributed by atoms with Crippen molar-refractivity contribution in [1.82, 2.24) is 5.32 Å². The highest BCUT2D eigenvalue weighted by molar-refractivity contribution is 7.91. The smallest absolute Gasteiger partial charge is 0.374 e. The summed E-state index contributed by atoms with van der Waals surface area (Å²) in [5, 5.41) is 6.27. The van der Waals surface area contributed by atoms with Gasteiger partial charge in [0.05, 0.1) is 17.8 Å². The number of aryl methyl sites for hydroxylation is 1. The summed E-state index contributed by atoms with van der Waals surface area (Å²) in [4.78, 5) is 17.8. The van der Waals surface area contributed by atoms with Crippen LogP contribution in [0.25, 0.3) is 0 Å². The van der Waals surface area contributed by atoms with E-state index in [-0.39, 0.29) is 27.9 Å². The Morgan fingerprint density at radius 2 is 1.88 bits per heavy atom. The number of carbonyl (C=O) groups is 1. The molecular formula is C19H17Cl2F3N2O4S2. The molecule has 0 radical (unpaired) electrons. The maximum Gasteiger partial charge on any atom is 0.435 e. The first-order valence-electron chi connectivity index (χ1n) is 9.03. The van der Waals surface area contributed by atoms with Gasteiger partial charge in [-0.15, -0.1) is 11.3 Å². The van der Waals surface area contributed by atoms with Crippen LogP contribution in [0.1, 0.15) is 27.3 Å². The Morgan fingerprint density at radius 1 is 1.25 bits per heavy atom. The van der Waals surface area contributed by atoms with Crippen molar-refractivity contribution in [2.45, 2.75) is 31.7 Å². The van der Waals surface area contributed by atoms with Crippen LogP contribution < -0.4 is 5.32 Å². The molecule has 0 bridgehead atoms. The summed E-state index contributed by atoms with van der Waals surface area (Å²) in [5.41, 5.74) is -2.20. The van der Waals surface area contributed by atoms with Gasteiger partial charge in [-0.25, -0.2) is 8.42 Å². The fourth-order valence-electron chi connectivity index (χ4n) is 3.13. The summed E-state index contributed by atoms with van der Waals surface area (Å²) < 4.78 is 64.7. The molecular weight excluding hydrogens is 512 g/mol. The lowest BCUT2D eigenvalue weighted by Crippen LogP contribution is -2.42. The highest BCUT2D eigenvalue weighted by Crippen LogP contribution is 2.50. The maximum absolute atomic E-state index is 14.1. The Kier molecular flexibility index (Phi) is 6.86. The van der Waals surface area contributed by atoms with Crippen LogP contribution in [0.15, 0.2) is 29.4 Å². The minimum absolute atomic E-state index is 0.0345. The van der Waals surface area contributed by atoms with Crippen molar-refractivity contribution in [3.05, 3.63) is 55.2 Å². The van der Waals surface area contributed by atoms with Gasteiger partial charge < -0.3 is 10.2 Å². The van der Waals surface area contributed by atoms with E-state index in [4.69, 9.17) is 28.0 Å². The molecule has 1 atom stereocenters. The van der Waals surface area contributed by atoms with Crippen LogP contribution in [0.3, 0.4) is 0 Å². The van der Waals surface area contributed by atoms with E-state index >= 15 is 0 Å². The minimum atomic E-state index is -4.80. The lowest BCUT2D eigenvalue weighted by atomic mass is 9.88. The number of sulfone groups is 1.